The fraction of sp³-hybridized carbons (Fsp3) is 0.351. The van der Waals surface area contributed by atoms with Gasteiger partial charge in [0.05, 0.1) is 6.04 Å². The van der Waals surface area contributed by atoms with Crippen molar-refractivity contribution in [1.82, 2.24) is 14.9 Å². The van der Waals surface area contributed by atoms with Gasteiger partial charge in [0.15, 0.2) is 11.5 Å². The molecule has 2 atom stereocenters. The maximum atomic E-state index is 6.40. The molecule has 5 nitrogen and oxygen atoms in total. The van der Waals surface area contributed by atoms with Crippen LogP contribution >= 0.6 is 0 Å². The molecule has 0 amide bonds. The molecule has 1 heterocycles. The molecule has 1 saturated heterocycles. The molecule has 220 valence electrons. The number of ether oxygens (including phenoxy) is 2. The van der Waals surface area contributed by atoms with Crippen molar-refractivity contribution in [2.45, 2.75) is 59.0 Å². The summed E-state index contributed by atoms with van der Waals surface area (Å²) < 4.78 is 12.7. The number of hydrazine groups is 1. The molecule has 0 saturated carbocycles. The summed E-state index contributed by atoms with van der Waals surface area (Å²) >= 11 is 0. The summed E-state index contributed by atoms with van der Waals surface area (Å²) in [5, 5.41) is 5.13. The highest BCUT2D eigenvalue weighted by molar-refractivity contribution is 5.43. The largest absolute Gasteiger partial charge is 0.485 e. The minimum absolute atomic E-state index is 0.312. The summed E-state index contributed by atoms with van der Waals surface area (Å²) in [6, 6.07) is 38.8. The van der Waals surface area contributed by atoms with Crippen LogP contribution in [0.4, 0.5) is 0 Å². The maximum absolute atomic E-state index is 6.40. The van der Waals surface area contributed by atoms with Gasteiger partial charge in [-0.3, -0.25) is 4.90 Å². The van der Waals surface area contributed by atoms with Crippen molar-refractivity contribution in [2.24, 2.45) is 0 Å². The lowest BCUT2D eigenvalue weighted by Gasteiger charge is -2.51. The Morgan fingerprint density at radius 3 is 1.79 bits per heavy atom. The van der Waals surface area contributed by atoms with Crippen LogP contribution < -0.4 is 9.47 Å². The maximum Gasteiger partial charge on any atom is 0.162 e. The second-order valence-electron chi connectivity index (χ2n) is 10.9. The van der Waals surface area contributed by atoms with Crippen LogP contribution in [0.3, 0.4) is 0 Å². The Morgan fingerprint density at radius 2 is 1.21 bits per heavy atom. The molecule has 4 aromatic rings. The molecular weight excluding hydrogens is 518 g/mol. The van der Waals surface area contributed by atoms with Crippen molar-refractivity contribution in [3.05, 3.63) is 131 Å². The molecule has 1 fully saturated rings. The summed E-state index contributed by atoms with van der Waals surface area (Å²) in [6.45, 7) is 12.8. The first-order valence-corrected chi connectivity index (χ1v) is 15.5. The first-order valence-electron chi connectivity index (χ1n) is 15.5. The Kier molecular flexibility index (Phi) is 10.7. The van der Waals surface area contributed by atoms with Gasteiger partial charge in [0.25, 0.3) is 0 Å². The Bertz CT molecular complexity index is 1350. The summed E-state index contributed by atoms with van der Waals surface area (Å²) in [4.78, 5) is 2.67. The van der Waals surface area contributed by atoms with Crippen LogP contribution in [0.1, 0.15) is 55.5 Å². The molecule has 0 aromatic heterocycles. The van der Waals surface area contributed by atoms with Crippen molar-refractivity contribution in [3.63, 3.8) is 0 Å². The van der Waals surface area contributed by atoms with Crippen LogP contribution in [0.25, 0.3) is 0 Å². The second-order valence-corrected chi connectivity index (χ2v) is 10.9. The van der Waals surface area contributed by atoms with Gasteiger partial charge in [-0.25, -0.2) is 10.0 Å². The van der Waals surface area contributed by atoms with Gasteiger partial charge < -0.3 is 9.47 Å². The summed E-state index contributed by atoms with van der Waals surface area (Å²) in [6.07, 6.45) is 1.08. The highest BCUT2D eigenvalue weighted by Gasteiger charge is 2.38. The van der Waals surface area contributed by atoms with Gasteiger partial charge in [0.1, 0.15) is 13.2 Å². The third-order valence-corrected chi connectivity index (χ3v) is 8.29. The number of rotatable bonds is 13. The van der Waals surface area contributed by atoms with Gasteiger partial charge in [-0.1, -0.05) is 118 Å². The molecule has 42 heavy (non-hydrogen) atoms. The van der Waals surface area contributed by atoms with Gasteiger partial charge in [0, 0.05) is 38.8 Å². The van der Waals surface area contributed by atoms with E-state index < -0.39 is 0 Å². The molecular formula is C37H45N3O2. The third-order valence-electron chi connectivity index (χ3n) is 8.29. The van der Waals surface area contributed by atoms with Gasteiger partial charge in [-0.05, 0) is 40.8 Å². The molecule has 0 radical (unpaired) electrons. The molecule has 5 rings (SSSR count). The van der Waals surface area contributed by atoms with Crippen LogP contribution in [0.15, 0.2) is 109 Å². The Balaban J connectivity index is 1.39. The van der Waals surface area contributed by atoms with Crippen LogP contribution in [0.2, 0.25) is 0 Å². The molecule has 1 aliphatic heterocycles. The van der Waals surface area contributed by atoms with Crippen molar-refractivity contribution in [3.8, 4) is 11.5 Å². The van der Waals surface area contributed by atoms with Crippen LogP contribution in [-0.2, 0) is 19.8 Å². The lowest BCUT2D eigenvalue weighted by molar-refractivity contribution is -0.119. The predicted octanol–water partition coefficient (Wildman–Crippen LogP) is 7.74. The Morgan fingerprint density at radius 1 is 0.643 bits per heavy atom. The van der Waals surface area contributed by atoms with Gasteiger partial charge >= 0.3 is 0 Å². The quantitative estimate of drug-likeness (QED) is 0.166. The summed E-state index contributed by atoms with van der Waals surface area (Å²) in [5.41, 5.74) is 4.91. The van der Waals surface area contributed by atoms with E-state index in [9.17, 15) is 0 Å². The van der Waals surface area contributed by atoms with Crippen LogP contribution in [0, 0.1) is 0 Å². The van der Waals surface area contributed by atoms with E-state index in [-0.39, 0.29) is 0 Å². The van der Waals surface area contributed by atoms with Crippen LogP contribution in [-0.4, -0.2) is 47.1 Å². The monoisotopic (exact) mass is 563 g/mol. The molecule has 5 heteroatoms. The molecule has 0 bridgehead atoms. The van der Waals surface area contributed by atoms with Gasteiger partial charge in [0.2, 0.25) is 0 Å². The summed E-state index contributed by atoms with van der Waals surface area (Å²) in [5.74, 6) is 1.57. The fourth-order valence-electron chi connectivity index (χ4n) is 6.15. The minimum atomic E-state index is 0.312. The predicted molar refractivity (Wildman–Crippen MR) is 171 cm³/mol. The van der Waals surface area contributed by atoms with Crippen molar-refractivity contribution >= 4 is 0 Å². The zero-order chi connectivity index (χ0) is 29.1. The SMILES string of the molecule is CCC1C(c2ccccc2)N(N(CC)CC)CCN1Cc1ccc(OCc2ccccc2)c(OCc2ccccc2)c1. The number of piperazine rings is 1. The van der Waals surface area contributed by atoms with Gasteiger partial charge in [-0.15, -0.1) is 0 Å². The Labute approximate surface area is 252 Å². The average molecular weight is 564 g/mol. The van der Waals surface area contributed by atoms with E-state index in [1.807, 2.05) is 36.4 Å². The lowest BCUT2D eigenvalue weighted by Crippen LogP contribution is -2.59. The smallest absolute Gasteiger partial charge is 0.162 e. The van der Waals surface area contributed by atoms with Crippen molar-refractivity contribution < 1.29 is 9.47 Å². The third kappa shape index (κ3) is 7.40. The molecule has 0 aliphatic carbocycles. The van der Waals surface area contributed by atoms with E-state index in [0.29, 0.717) is 25.3 Å². The zero-order valence-electron chi connectivity index (χ0n) is 25.4. The van der Waals surface area contributed by atoms with Crippen molar-refractivity contribution in [2.75, 3.05) is 26.2 Å². The lowest BCUT2D eigenvalue weighted by atomic mass is 9.92. The normalized spacial score (nSPS) is 17.8. The summed E-state index contributed by atoms with van der Waals surface area (Å²) in [7, 11) is 0. The Hall–Kier alpha value is -3.64. The van der Waals surface area contributed by atoms with E-state index in [1.54, 1.807) is 0 Å². The molecule has 0 N–H and O–H groups in total. The first kappa shape index (κ1) is 29.8. The number of hydrogen-bond acceptors (Lipinski definition) is 5. The second kappa shape index (κ2) is 15.0. The highest BCUT2D eigenvalue weighted by Crippen LogP contribution is 2.36. The first-order chi connectivity index (χ1) is 20.7. The van der Waals surface area contributed by atoms with E-state index in [4.69, 9.17) is 9.47 Å². The minimum Gasteiger partial charge on any atom is -0.485 e. The number of nitrogens with zero attached hydrogens (tertiary/aromatic N) is 3. The standard InChI is InChI=1S/C37H45N3O2/c1-4-34-37(33-20-14-9-15-21-33)40(39(5-2)6-3)25-24-38(34)27-32-22-23-35(41-28-30-16-10-7-11-17-30)36(26-32)42-29-31-18-12-8-13-19-31/h7-23,26,34,37H,4-6,24-25,27-29H2,1-3H3. The fourth-order valence-corrected chi connectivity index (χ4v) is 6.15. The van der Waals surface area contributed by atoms with E-state index in [1.165, 1.54) is 11.1 Å². The molecule has 2 unspecified atom stereocenters. The van der Waals surface area contributed by atoms with Crippen LogP contribution in [0.5, 0.6) is 11.5 Å². The highest BCUT2D eigenvalue weighted by atomic mass is 16.5. The zero-order valence-corrected chi connectivity index (χ0v) is 25.4. The van der Waals surface area contributed by atoms with E-state index >= 15 is 0 Å². The number of benzene rings is 4. The number of hydrogen-bond donors (Lipinski definition) is 0. The molecule has 0 spiro atoms. The molecule has 4 aromatic carbocycles. The van der Waals surface area contributed by atoms with E-state index in [0.717, 1.165) is 61.8 Å². The van der Waals surface area contributed by atoms with Gasteiger partial charge in [-0.2, -0.15) is 0 Å². The van der Waals surface area contributed by atoms with E-state index in [2.05, 4.69) is 108 Å². The topological polar surface area (TPSA) is 28.2 Å². The van der Waals surface area contributed by atoms with Crippen molar-refractivity contribution in [1.29, 1.82) is 0 Å². The molecule has 1 aliphatic rings. The average Bonchev–Trinajstić information content (AvgIpc) is 3.05.